The van der Waals surface area contributed by atoms with Crippen LogP contribution in [0.2, 0.25) is 0 Å². The summed E-state index contributed by atoms with van der Waals surface area (Å²) >= 11 is 0. The molecular weight excluding hydrogens is 282 g/mol. The molecule has 1 aromatic heterocycles. The van der Waals surface area contributed by atoms with Gasteiger partial charge in [-0.15, -0.1) is 0 Å². The molecule has 6 heteroatoms. The summed E-state index contributed by atoms with van der Waals surface area (Å²) in [5, 5.41) is 16.1. The van der Waals surface area contributed by atoms with Crippen LogP contribution in [0.4, 0.5) is 0 Å². The molecule has 0 bridgehead atoms. The molecule has 0 aliphatic rings. The number of rotatable bonds is 6. The molecule has 2 rings (SSSR count). The molecule has 0 aliphatic carbocycles. The Bertz CT molecular complexity index is 632. The third-order valence-corrected chi connectivity index (χ3v) is 3.25. The number of amides is 1. The smallest absolute Gasteiger partial charge is 0.254 e. The van der Waals surface area contributed by atoms with Gasteiger partial charge in [-0.05, 0) is 31.5 Å². The van der Waals surface area contributed by atoms with Crippen LogP contribution in [0.3, 0.4) is 0 Å². The number of nitrogens with zero attached hydrogens (tertiary/aromatic N) is 2. The second kappa shape index (κ2) is 6.62. The van der Waals surface area contributed by atoms with Crippen molar-refractivity contribution in [3.05, 3.63) is 47.8 Å². The lowest BCUT2D eigenvalue weighted by Crippen LogP contribution is -2.46. The molecule has 118 valence electrons. The van der Waals surface area contributed by atoms with Crippen molar-refractivity contribution >= 4 is 5.91 Å². The van der Waals surface area contributed by atoms with E-state index < -0.39 is 5.54 Å². The summed E-state index contributed by atoms with van der Waals surface area (Å²) in [7, 11) is 1.63. The monoisotopic (exact) mass is 303 g/mol. The molecule has 2 N–H and O–H groups in total. The minimum atomic E-state index is -0.658. The van der Waals surface area contributed by atoms with Gasteiger partial charge in [0.05, 0.1) is 37.6 Å². The third kappa shape index (κ3) is 4.08. The van der Waals surface area contributed by atoms with E-state index in [4.69, 9.17) is 4.74 Å². The first-order chi connectivity index (χ1) is 10.4. The molecule has 0 saturated carbocycles. The van der Waals surface area contributed by atoms with Crippen molar-refractivity contribution in [2.75, 3.05) is 13.7 Å². The van der Waals surface area contributed by atoms with Gasteiger partial charge in [0.1, 0.15) is 5.75 Å². The van der Waals surface area contributed by atoms with Crippen LogP contribution < -0.4 is 10.1 Å². The number of aliphatic hydroxyl groups excluding tert-OH is 1. The largest absolute Gasteiger partial charge is 0.497 e. The topological polar surface area (TPSA) is 76.4 Å². The summed E-state index contributed by atoms with van der Waals surface area (Å²) in [5.41, 5.74) is 0.872. The van der Waals surface area contributed by atoms with E-state index in [0.717, 1.165) is 11.3 Å². The summed E-state index contributed by atoms with van der Waals surface area (Å²) in [6.45, 7) is 3.96. The number of hydrogen-bond acceptors (Lipinski definition) is 4. The summed E-state index contributed by atoms with van der Waals surface area (Å²) in [4.78, 5) is 12.1. The number of ether oxygens (including phenoxy) is 1. The molecule has 1 heterocycles. The first-order valence-corrected chi connectivity index (χ1v) is 7.02. The molecule has 1 aromatic carbocycles. The summed E-state index contributed by atoms with van der Waals surface area (Å²) in [5.74, 6) is 0.551. The van der Waals surface area contributed by atoms with E-state index in [0.29, 0.717) is 12.1 Å². The van der Waals surface area contributed by atoms with E-state index in [2.05, 4.69) is 10.4 Å². The van der Waals surface area contributed by atoms with Crippen LogP contribution in [0.1, 0.15) is 29.8 Å². The van der Waals surface area contributed by atoms with Crippen molar-refractivity contribution in [1.29, 1.82) is 0 Å². The van der Waals surface area contributed by atoms with Crippen LogP contribution in [0.15, 0.2) is 36.7 Å². The average Bonchev–Trinajstić information content (AvgIpc) is 2.96. The number of carbonyl (C=O) groups excluding carboxylic acids is 1. The molecule has 0 atom stereocenters. The maximum Gasteiger partial charge on any atom is 0.254 e. The number of carbonyl (C=O) groups is 1. The number of hydrogen-bond donors (Lipinski definition) is 2. The predicted molar refractivity (Wildman–Crippen MR) is 83.0 cm³/mol. The van der Waals surface area contributed by atoms with Crippen molar-refractivity contribution < 1.29 is 14.6 Å². The van der Waals surface area contributed by atoms with Gasteiger partial charge in [-0.3, -0.25) is 9.48 Å². The van der Waals surface area contributed by atoms with E-state index >= 15 is 0 Å². The number of methoxy groups -OCH3 is 1. The number of nitrogens with one attached hydrogen (secondary N) is 1. The fourth-order valence-electron chi connectivity index (χ4n) is 1.90. The molecule has 22 heavy (non-hydrogen) atoms. The molecule has 6 nitrogen and oxygen atoms in total. The van der Waals surface area contributed by atoms with Crippen LogP contribution in [0, 0.1) is 0 Å². The number of benzene rings is 1. The Morgan fingerprint density at radius 2 is 2.05 bits per heavy atom. The summed E-state index contributed by atoms with van der Waals surface area (Å²) in [6.07, 6.45) is 3.21. The van der Waals surface area contributed by atoms with Crippen molar-refractivity contribution in [3.63, 3.8) is 0 Å². The Morgan fingerprint density at radius 1 is 1.36 bits per heavy atom. The van der Waals surface area contributed by atoms with Crippen LogP contribution in [0.25, 0.3) is 0 Å². The fraction of sp³-hybridized carbons (Fsp3) is 0.375. The van der Waals surface area contributed by atoms with Crippen molar-refractivity contribution in [2.24, 2.45) is 0 Å². The number of aliphatic hydroxyl groups is 1. The fourth-order valence-corrected chi connectivity index (χ4v) is 1.90. The molecular formula is C16H21N3O3. The van der Waals surface area contributed by atoms with E-state index in [-0.39, 0.29) is 12.5 Å². The Kier molecular flexibility index (Phi) is 4.82. The minimum absolute atomic E-state index is 0.126. The normalized spacial score (nSPS) is 11.3. The van der Waals surface area contributed by atoms with Crippen molar-refractivity contribution in [1.82, 2.24) is 15.1 Å². The predicted octanol–water partition coefficient (Wildman–Crippen LogP) is 1.44. The highest BCUT2D eigenvalue weighted by Gasteiger charge is 2.20. The van der Waals surface area contributed by atoms with Gasteiger partial charge in [0.15, 0.2) is 0 Å². The zero-order valence-corrected chi connectivity index (χ0v) is 13.0. The van der Waals surface area contributed by atoms with E-state index in [9.17, 15) is 9.90 Å². The van der Waals surface area contributed by atoms with Gasteiger partial charge in [0, 0.05) is 6.20 Å². The Labute approximate surface area is 129 Å². The van der Waals surface area contributed by atoms with E-state index in [1.54, 1.807) is 31.8 Å². The van der Waals surface area contributed by atoms with Crippen molar-refractivity contribution in [3.8, 4) is 5.75 Å². The highest BCUT2D eigenvalue weighted by Crippen LogP contribution is 2.12. The van der Waals surface area contributed by atoms with Gasteiger partial charge in [-0.1, -0.05) is 12.1 Å². The number of aromatic nitrogens is 2. The molecule has 0 radical (unpaired) electrons. The maximum atomic E-state index is 12.1. The van der Waals surface area contributed by atoms with E-state index in [1.807, 2.05) is 24.3 Å². The molecule has 0 unspecified atom stereocenters. The lowest BCUT2D eigenvalue weighted by Gasteiger charge is -2.22. The first kappa shape index (κ1) is 16.0. The highest BCUT2D eigenvalue weighted by atomic mass is 16.5. The SMILES string of the molecule is COc1ccc(Cn2cc(C(=O)NC(C)(C)CO)cn2)cc1. The molecule has 0 fully saturated rings. The summed E-state index contributed by atoms with van der Waals surface area (Å²) < 4.78 is 6.81. The second-order valence-electron chi connectivity index (χ2n) is 5.77. The van der Waals surface area contributed by atoms with E-state index in [1.165, 1.54) is 6.20 Å². The lowest BCUT2D eigenvalue weighted by molar-refractivity contribution is 0.0869. The third-order valence-electron chi connectivity index (χ3n) is 3.25. The van der Waals surface area contributed by atoms with Crippen molar-refractivity contribution in [2.45, 2.75) is 25.9 Å². The molecule has 0 saturated heterocycles. The standard InChI is InChI=1S/C16H21N3O3/c1-16(2,11-20)18-15(21)13-8-17-19(10-13)9-12-4-6-14(22-3)7-5-12/h4-8,10,20H,9,11H2,1-3H3,(H,18,21). The van der Waals surface area contributed by atoms with Gasteiger partial charge in [0.2, 0.25) is 0 Å². The molecule has 1 amide bonds. The molecule has 0 aliphatic heterocycles. The highest BCUT2D eigenvalue weighted by molar-refractivity contribution is 5.94. The van der Waals surface area contributed by atoms with Crippen LogP contribution in [0.5, 0.6) is 5.75 Å². The van der Waals surface area contributed by atoms with Crippen LogP contribution in [-0.2, 0) is 6.54 Å². The van der Waals surface area contributed by atoms with Crippen LogP contribution >= 0.6 is 0 Å². The zero-order valence-electron chi connectivity index (χ0n) is 13.0. The quantitative estimate of drug-likeness (QED) is 0.846. The Morgan fingerprint density at radius 3 is 2.64 bits per heavy atom. The van der Waals surface area contributed by atoms with Gasteiger partial charge in [0.25, 0.3) is 5.91 Å². The minimum Gasteiger partial charge on any atom is -0.497 e. The molecule has 2 aromatic rings. The second-order valence-corrected chi connectivity index (χ2v) is 5.77. The molecule has 0 spiro atoms. The van der Waals surface area contributed by atoms with Crippen LogP contribution in [-0.4, -0.2) is 40.0 Å². The Balaban J connectivity index is 2.03. The maximum absolute atomic E-state index is 12.1. The van der Waals surface area contributed by atoms with Gasteiger partial charge >= 0.3 is 0 Å². The van der Waals surface area contributed by atoms with Gasteiger partial charge < -0.3 is 15.2 Å². The Hall–Kier alpha value is -2.34. The first-order valence-electron chi connectivity index (χ1n) is 7.02. The summed E-state index contributed by atoms with van der Waals surface area (Å²) in [6, 6.07) is 7.68. The zero-order chi connectivity index (χ0) is 16.2. The lowest BCUT2D eigenvalue weighted by atomic mass is 10.1. The van der Waals surface area contributed by atoms with Gasteiger partial charge in [-0.2, -0.15) is 5.10 Å². The van der Waals surface area contributed by atoms with Gasteiger partial charge in [-0.25, -0.2) is 0 Å². The average molecular weight is 303 g/mol.